The van der Waals surface area contributed by atoms with E-state index in [0.29, 0.717) is 11.6 Å². The Hall–Kier alpha value is -1.35. The summed E-state index contributed by atoms with van der Waals surface area (Å²) in [7, 11) is 0. The monoisotopic (exact) mass is 251 g/mol. The first kappa shape index (κ1) is 10.8. The van der Waals surface area contributed by atoms with Gasteiger partial charge in [0.05, 0.1) is 6.61 Å². The van der Waals surface area contributed by atoms with Gasteiger partial charge in [-0.25, -0.2) is 4.79 Å². The zero-order valence-corrected chi connectivity index (χ0v) is 9.79. The smallest absolute Gasteiger partial charge is 0.235 e. The molecule has 0 aromatic heterocycles. The highest BCUT2D eigenvalue weighted by Gasteiger charge is 2.48. The highest BCUT2D eigenvalue weighted by atomic mass is 35.5. The van der Waals surface area contributed by atoms with Gasteiger partial charge in [-0.15, -0.1) is 0 Å². The third kappa shape index (κ3) is 1.65. The molecule has 0 spiro atoms. The van der Waals surface area contributed by atoms with Crippen molar-refractivity contribution in [3.63, 3.8) is 0 Å². The predicted molar refractivity (Wildman–Crippen MR) is 60.8 cm³/mol. The van der Waals surface area contributed by atoms with E-state index >= 15 is 0 Å². The second-order valence-corrected chi connectivity index (χ2v) is 4.65. The summed E-state index contributed by atoms with van der Waals surface area (Å²) >= 11 is 6.22. The van der Waals surface area contributed by atoms with Gasteiger partial charge in [-0.1, -0.05) is 11.6 Å². The summed E-state index contributed by atoms with van der Waals surface area (Å²) in [5.74, 6) is 0.767. The molecule has 17 heavy (non-hydrogen) atoms. The second kappa shape index (κ2) is 3.84. The Morgan fingerprint density at radius 3 is 2.94 bits per heavy atom. The van der Waals surface area contributed by atoms with E-state index in [1.807, 2.05) is 6.07 Å². The number of hydrogen-bond donors (Lipinski definition) is 0. The van der Waals surface area contributed by atoms with Crippen LogP contribution in [0.2, 0.25) is 5.02 Å². The largest absolute Gasteiger partial charge is 0.467 e. The van der Waals surface area contributed by atoms with Gasteiger partial charge >= 0.3 is 0 Å². The van der Waals surface area contributed by atoms with E-state index < -0.39 is 5.54 Å². The van der Waals surface area contributed by atoms with Crippen LogP contribution in [0.1, 0.15) is 24.0 Å². The molecule has 0 saturated heterocycles. The van der Waals surface area contributed by atoms with Gasteiger partial charge in [-0.05, 0) is 25.0 Å². The van der Waals surface area contributed by atoms with Crippen LogP contribution in [-0.4, -0.2) is 12.9 Å². The molecule has 1 aliphatic heterocycles. The Kier molecular flexibility index (Phi) is 2.44. The maximum absolute atomic E-state index is 10.5. The molecule has 3 rings (SSSR count). The first-order chi connectivity index (χ1) is 8.27. The minimum absolute atomic E-state index is 0.248. The summed E-state index contributed by atoms with van der Waals surface area (Å²) in [4.78, 5) is 14.4. The van der Waals surface area contributed by atoms with Gasteiger partial charge in [0.1, 0.15) is 11.3 Å². The highest BCUT2D eigenvalue weighted by molar-refractivity contribution is 6.31. The topological polar surface area (TPSA) is 47.9 Å². The fourth-order valence-electron chi connectivity index (χ4n) is 2.25. The van der Waals surface area contributed by atoms with Gasteiger partial charge in [-0.2, -0.15) is 4.99 Å². The average molecular weight is 252 g/mol. The van der Waals surface area contributed by atoms with Crippen LogP contribution < -0.4 is 4.74 Å². The maximum atomic E-state index is 10.5. The quantitative estimate of drug-likeness (QED) is 0.599. The number of ether oxygens (including phenoxy) is 2. The molecular formula is C12H10ClNO3. The molecule has 5 heteroatoms. The average Bonchev–Trinajstić information content (AvgIpc) is 3.10. The summed E-state index contributed by atoms with van der Waals surface area (Å²) in [5.41, 5.74) is 1.27. The Morgan fingerprint density at radius 2 is 2.24 bits per heavy atom. The zero-order valence-electron chi connectivity index (χ0n) is 9.03. The van der Waals surface area contributed by atoms with Crippen molar-refractivity contribution >= 4 is 17.7 Å². The van der Waals surface area contributed by atoms with Crippen molar-refractivity contribution in [2.45, 2.75) is 25.0 Å². The van der Waals surface area contributed by atoms with Crippen LogP contribution >= 0.6 is 11.6 Å². The van der Waals surface area contributed by atoms with Crippen LogP contribution in [0.25, 0.3) is 0 Å². The fraction of sp³-hybridized carbons (Fsp3) is 0.417. The Bertz CT molecular complexity index is 519. The molecule has 88 valence electrons. The lowest BCUT2D eigenvalue weighted by Crippen LogP contribution is -2.17. The number of carbonyl (C=O) groups excluding carboxylic acids is 1. The number of fused-ring (bicyclic) bond motifs is 1. The molecular weight excluding hydrogens is 242 g/mol. The SMILES string of the molecule is O=C=NC1(c2c(Cl)ccc3c2COCO3)CC1. The molecule has 0 bridgehead atoms. The molecule has 1 heterocycles. The molecule has 2 aliphatic rings. The summed E-state index contributed by atoms with van der Waals surface area (Å²) in [5, 5.41) is 0.606. The van der Waals surface area contributed by atoms with E-state index in [0.717, 1.165) is 29.7 Å². The van der Waals surface area contributed by atoms with Gasteiger partial charge in [0.25, 0.3) is 0 Å². The predicted octanol–water partition coefficient (Wildman–Crippen LogP) is 2.53. The zero-order chi connectivity index (χ0) is 11.9. The lowest BCUT2D eigenvalue weighted by atomic mass is 9.97. The number of benzene rings is 1. The van der Waals surface area contributed by atoms with E-state index in [9.17, 15) is 4.79 Å². The van der Waals surface area contributed by atoms with E-state index in [-0.39, 0.29) is 6.79 Å². The molecule has 0 atom stereocenters. The lowest BCUT2D eigenvalue weighted by molar-refractivity contribution is -0.0170. The van der Waals surface area contributed by atoms with Crippen molar-refractivity contribution in [3.05, 3.63) is 28.3 Å². The molecule has 0 unspecified atom stereocenters. The van der Waals surface area contributed by atoms with Crippen molar-refractivity contribution in [3.8, 4) is 5.75 Å². The molecule has 1 fully saturated rings. The van der Waals surface area contributed by atoms with E-state index in [4.69, 9.17) is 21.1 Å². The minimum atomic E-state index is -0.492. The van der Waals surface area contributed by atoms with Crippen LogP contribution in [0.4, 0.5) is 0 Å². The van der Waals surface area contributed by atoms with Crippen LogP contribution in [0.5, 0.6) is 5.75 Å². The molecule has 1 saturated carbocycles. The molecule has 1 aromatic rings. The van der Waals surface area contributed by atoms with Gasteiger partial charge < -0.3 is 9.47 Å². The Labute approximate surface area is 103 Å². The number of rotatable bonds is 2. The summed E-state index contributed by atoms with van der Waals surface area (Å²) in [6.45, 7) is 0.694. The van der Waals surface area contributed by atoms with E-state index in [2.05, 4.69) is 4.99 Å². The number of halogens is 1. The van der Waals surface area contributed by atoms with Crippen molar-refractivity contribution in [1.29, 1.82) is 0 Å². The molecule has 4 nitrogen and oxygen atoms in total. The third-order valence-corrected chi connectivity index (χ3v) is 3.53. The normalized spacial score (nSPS) is 19.8. The summed E-state index contributed by atoms with van der Waals surface area (Å²) in [6, 6.07) is 3.60. The fourth-order valence-corrected chi connectivity index (χ4v) is 2.61. The second-order valence-electron chi connectivity index (χ2n) is 4.24. The van der Waals surface area contributed by atoms with Crippen LogP contribution in [-0.2, 0) is 21.7 Å². The first-order valence-corrected chi connectivity index (χ1v) is 5.76. The van der Waals surface area contributed by atoms with Crippen LogP contribution in [0.3, 0.4) is 0 Å². The molecule has 1 aromatic carbocycles. The number of nitrogens with zero attached hydrogens (tertiary/aromatic N) is 1. The Balaban J connectivity index is 2.18. The molecule has 0 N–H and O–H groups in total. The standard InChI is InChI=1S/C12H10ClNO3/c13-9-1-2-10-8(5-16-7-17-10)11(9)12(3-4-12)14-6-15/h1-2H,3-5,7H2. The first-order valence-electron chi connectivity index (χ1n) is 5.38. The summed E-state index contributed by atoms with van der Waals surface area (Å²) in [6.07, 6.45) is 3.27. The molecule has 0 amide bonds. The molecule has 0 radical (unpaired) electrons. The van der Waals surface area contributed by atoms with Crippen molar-refractivity contribution in [2.24, 2.45) is 4.99 Å². The number of isocyanates is 1. The van der Waals surface area contributed by atoms with Gasteiger partial charge in [-0.3, -0.25) is 0 Å². The lowest BCUT2D eigenvalue weighted by Gasteiger charge is -2.23. The summed E-state index contributed by atoms with van der Waals surface area (Å²) < 4.78 is 10.7. The van der Waals surface area contributed by atoms with Crippen LogP contribution in [0.15, 0.2) is 17.1 Å². The third-order valence-electron chi connectivity index (χ3n) is 3.21. The van der Waals surface area contributed by atoms with Crippen molar-refractivity contribution in [2.75, 3.05) is 6.79 Å². The van der Waals surface area contributed by atoms with Crippen molar-refractivity contribution < 1.29 is 14.3 Å². The highest BCUT2D eigenvalue weighted by Crippen LogP contribution is 2.54. The van der Waals surface area contributed by atoms with E-state index in [1.165, 1.54) is 0 Å². The van der Waals surface area contributed by atoms with Crippen molar-refractivity contribution in [1.82, 2.24) is 0 Å². The molecule has 1 aliphatic carbocycles. The van der Waals surface area contributed by atoms with Gasteiger partial charge in [0, 0.05) is 16.1 Å². The minimum Gasteiger partial charge on any atom is -0.467 e. The maximum Gasteiger partial charge on any atom is 0.235 e. The van der Waals surface area contributed by atoms with Crippen LogP contribution in [0, 0.1) is 0 Å². The Morgan fingerprint density at radius 1 is 1.41 bits per heavy atom. The number of hydrogen-bond acceptors (Lipinski definition) is 4. The van der Waals surface area contributed by atoms with Gasteiger partial charge in [0.2, 0.25) is 6.08 Å². The number of aliphatic imine (C=N–C) groups is 1. The van der Waals surface area contributed by atoms with Gasteiger partial charge in [0.15, 0.2) is 6.79 Å². The van der Waals surface area contributed by atoms with E-state index in [1.54, 1.807) is 12.1 Å².